The number of halogens is 2. The average molecular weight is 343 g/mol. The molecule has 1 fully saturated rings. The number of piperidine rings is 1. The largest absolute Gasteiger partial charge is 0.339 e. The van der Waals surface area contributed by atoms with Crippen molar-refractivity contribution in [2.24, 2.45) is 5.92 Å². The quantitative estimate of drug-likeness (QED) is 0.911. The third-order valence-electron chi connectivity index (χ3n) is 3.88. The van der Waals surface area contributed by atoms with E-state index in [1.165, 1.54) is 6.07 Å². The third kappa shape index (κ3) is 3.58. The Bertz CT molecular complexity index is 453. The minimum Gasteiger partial charge on any atom is -0.339 e. The van der Waals surface area contributed by atoms with Crippen molar-refractivity contribution in [2.75, 3.05) is 26.7 Å². The summed E-state index contributed by atoms with van der Waals surface area (Å²) in [6.07, 6.45) is 3.14. The van der Waals surface area contributed by atoms with Gasteiger partial charge < -0.3 is 10.2 Å². The van der Waals surface area contributed by atoms with Gasteiger partial charge in [0.25, 0.3) is 5.91 Å². The zero-order chi connectivity index (χ0) is 14.5. The van der Waals surface area contributed by atoms with Crippen molar-refractivity contribution < 1.29 is 9.18 Å². The number of likely N-dealkylation sites (tertiary alicyclic amines) is 1. The van der Waals surface area contributed by atoms with E-state index in [4.69, 9.17) is 0 Å². The molecule has 0 saturated carbocycles. The fourth-order valence-electron chi connectivity index (χ4n) is 2.63. The van der Waals surface area contributed by atoms with E-state index in [0.717, 1.165) is 25.8 Å². The van der Waals surface area contributed by atoms with Gasteiger partial charge in [-0.2, -0.15) is 0 Å². The molecule has 2 rings (SSSR count). The van der Waals surface area contributed by atoms with Crippen LogP contribution in [0.3, 0.4) is 0 Å². The van der Waals surface area contributed by atoms with Gasteiger partial charge in [-0.15, -0.1) is 0 Å². The Kier molecular flexibility index (Phi) is 5.54. The molecule has 1 amide bonds. The molecule has 1 N–H and O–H groups in total. The molecule has 1 aromatic carbocycles. The molecular weight excluding hydrogens is 323 g/mol. The molecule has 3 nitrogen and oxygen atoms in total. The Balaban J connectivity index is 1.98. The number of hydrogen-bond acceptors (Lipinski definition) is 2. The van der Waals surface area contributed by atoms with Crippen molar-refractivity contribution in [1.82, 2.24) is 10.2 Å². The van der Waals surface area contributed by atoms with E-state index < -0.39 is 5.82 Å². The van der Waals surface area contributed by atoms with Crippen molar-refractivity contribution in [2.45, 2.75) is 19.3 Å². The second kappa shape index (κ2) is 7.18. The van der Waals surface area contributed by atoms with Gasteiger partial charge in [-0.05, 0) is 66.8 Å². The van der Waals surface area contributed by atoms with Crippen LogP contribution in [0, 0.1) is 11.7 Å². The first-order chi connectivity index (χ1) is 9.63. The van der Waals surface area contributed by atoms with E-state index in [1.54, 1.807) is 17.0 Å². The smallest absolute Gasteiger partial charge is 0.257 e. The second-order valence-corrected chi connectivity index (χ2v) is 6.08. The van der Waals surface area contributed by atoms with Gasteiger partial charge in [0.15, 0.2) is 0 Å². The molecule has 0 bridgehead atoms. The number of carbonyl (C=O) groups excluding carboxylic acids is 1. The summed E-state index contributed by atoms with van der Waals surface area (Å²) in [5, 5.41) is 3.15. The van der Waals surface area contributed by atoms with Crippen LogP contribution in [0.25, 0.3) is 0 Å². The van der Waals surface area contributed by atoms with Crippen LogP contribution in [0.4, 0.5) is 4.39 Å². The molecule has 1 aromatic rings. The molecule has 0 aromatic heterocycles. The molecule has 0 atom stereocenters. The van der Waals surface area contributed by atoms with Crippen LogP contribution in [0.15, 0.2) is 22.7 Å². The first-order valence-corrected chi connectivity index (χ1v) is 7.80. The van der Waals surface area contributed by atoms with Gasteiger partial charge in [0.05, 0.1) is 5.56 Å². The van der Waals surface area contributed by atoms with Gasteiger partial charge in [-0.3, -0.25) is 4.79 Å². The Morgan fingerprint density at radius 2 is 2.15 bits per heavy atom. The summed E-state index contributed by atoms with van der Waals surface area (Å²) >= 11 is 3.26. The molecule has 110 valence electrons. The molecule has 1 aliphatic rings. The Morgan fingerprint density at radius 3 is 2.75 bits per heavy atom. The number of hydrogen-bond donors (Lipinski definition) is 1. The van der Waals surface area contributed by atoms with Crippen molar-refractivity contribution in [1.29, 1.82) is 0 Å². The van der Waals surface area contributed by atoms with Crippen molar-refractivity contribution >= 4 is 21.8 Å². The van der Waals surface area contributed by atoms with E-state index in [-0.39, 0.29) is 11.5 Å². The summed E-state index contributed by atoms with van der Waals surface area (Å²) in [6, 6.07) is 4.63. The van der Waals surface area contributed by atoms with Gasteiger partial charge in [0.1, 0.15) is 5.82 Å². The monoisotopic (exact) mass is 342 g/mol. The number of benzene rings is 1. The van der Waals surface area contributed by atoms with E-state index in [9.17, 15) is 9.18 Å². The molecule has 0 unspecified atom stereocenters. The fourth-order valence-corrected chi connectivity index (χ4v) is 3.15. The van der Waals surface area contributed by atoms with Crippen molar-refractivity contribution in [3.05, 3.63) is 34.1 Å². The molecule has 0 aliphatic carbocycles. The SMILES string of the molecule is CNCCC1CCN(C(=O)c2c(F)cccc2Br)CC1. The predicted octanol–water partition coefficient (Wildman–Crippen LogP) is 3.05. The van der Waals surface area contributed by atoms with Gasteiger partial charge in [-0.25, -0.2) is 4.39 Å². The summed E-state index contributed by atoms with van der Waals surface area (Å²) in [6.45, 7) is 2.44. The van der Waals surface area contributed by atoms with Gasteiger partial charge in [0, 0.05) is 17.6 Å². The first kappa shape index (κ1) is 15.4. The third-order valence-corrected chi connectivity index (χ3v) is 4.54. The van der Waals surface area contributed by atoms with Gasteiger partial charge in [-0.1, -0.05) is 6.07 Å². The summed E-state index contributed by atoms with van der Waals surface area (Å²) in [7, 11) is 1.95. The maximum atomic E-state index is 13.8. The minimum absolute atomic E-state index is 0.154. The molecule has 5 heteroatoms. The van der Waals surface area contributed by atoms with Gasteiger partial charge >= 0.3 is 0 Å². The van der Waals surface area contributed by atoms with Crippen LogP contribution in [0.2, 0.25) is 0 Å². The Labute approximate surface area is 127 Å². The normalized spacial score (nSPS) is 16.4. The Hall–Kier alpha value is -0.940. The fraction of sp³-hybridized carbons (Fsp3) is 0.533. The molecule has 1 aliphatic heterocycles. The summed E-state index contributed by atoms with van der Waals surface area (Å²) in [5.74, 6) is -0.000663. The zero-order valence-electron chi connectivity index (χ0n) is 11.7. The number of amides is 1. The Morgan fingerprint density at radius 1 is 1.45 bits per heavy atom. The predicted molar refractivity (Wildman–Crippen MR) is 81.3 cm³/mol. The van der Waals surface area contributed by atoms with Crippen LogP contribution in [-0.2, 0) is 0 Å². The molecule has 1 heterocycles. The first-order valence-electron chi connectivity index (χ1n) is 7.01. The van der Waals surface area contributed by atoms with E-state index in [0.29, 0.717) is 23.5 Å². The maximum absolute atomic E-state index is 13.8. The minimum atomic E-state index is -0.457. The standard InChI is InChI=1S/C15H20BrFN2O/c1-18-8-5-11-6-9-19(10-7-11)15(20)14-12(16)3-2-4-13(14)17/h2-4,11,18H,5-10H2,1H3. The highest BCUT2D eigenvalue weighted by atomic mass is 79.9. The summed E-state index contributed by atoms with van der Waals surface area (Å²) < 4.78 is 14.3. The van der Waals surface area contributed by atoms with Crippen LogP contribution >= 0.6 is 15.9 Å². The lowest BCUT2D eigenvalue weighted by Crippen LogP contribution is -2.39. The van der Waals surface area contributed by atoms with E-state index in [2.05, 4.69) is 21.2 Å². The summed E-state index contributed by atoms with van der Waals surface area (Å²) in [4.78, 5) is 14.2. The summed E-state index contributed by atoms with van der Waals surface area (Å²) in [5.41, 5.74) is 0.154. The van der Waals surface area contributed by atoms with Crippen LogP contribution in [-0.4, -0.2) is 37.5 Å². The number of nitrogens with zero attached hydrogens (tertiary/aromatic N) is 1. The number of nitrogens with one attached hydrogen (secondary N) is 1. The average Bonchev–Trinajstić information content (AvgIpc) is 2.45. The molecule has 1 saturated heterocycles. The van der Waals surface area contributed by atoms with Crippen LogP contribution < -0.4 is 5.32 Å². The zero-order valence-corrected chi connectivity index (χ0v) is 13.2. The van der Waals surface area contributed by atoms with Crippen LogP contribution in [0.5, 0.6) is 0 Å². The van der Waals surface area contributed by atoms with Crippen LogP contribution in [0.1, 0.15) is 29.6 Å². The van der Waals surface area contributed by atoms with Crippen molar-refractivity contribution in [3.8, 4) is 0 Å². The van der Waals surface area contributed by atoms with Crippen molar-refractivity contribution in [3.63, 3.8) is 0 Å². The molecular formula is C15H20BrFN2O. The van der Waals surface area contributed by atoms with E-state index >= 15 is 0 Å². The number of rotatable bonds is 4. The highest BCUT2D eigenvalue weighted by molar-refractivity contribution is 9.10. The second-order valence-electron chi connectivity index (χ2n) is 5.22. The molecule has 20 heavy (non-hydrogen) atoms. The maximum Gasteiger partial charge on any atom is 0.257 e. The van der Waals surface area contributed by atoms with E-state index in [1.807, 2.05) is 7.05 Å². The lowest BCUT2D eigenvalue weighted by molar-refractivity contribution is 0.0681. The topological polar surface area (TPSA) is 32.3 Å². The highest BCUT2D eigenvalue weighted by Crippen LogP contribution is 2.25. The molecule has 0 radical (unpaired) electrons. The number of carbonyl (C=O) groups is 1. The lowest BCUT2D eigenvalue weighted by Gasteiger charge is -2.32. The molecule has 0 spiro atoms. The lowest BCUT2D eigenvalue weighted by atomic mass is 9.93. The highest BCUT2D eigenvalue weighted by Gasteiger charge is 2.26. The van der Waals surface area contributed by atoms with Gasteiger partial charge in [0.2, 0.25) is 0 Å².